The third-order valence-electron chi connectivity index (χ3n) is 3.79. The van der Waals surface area contributed by atoms with E-state index in [0.717, 1.165) is 18.4 Å². The quantitative estimate of drug-likeness (QED) is 0.708. The Morgan fingerprint density at radius 2 is 1.72 bits per heavy atom. The zero-order valence-electron chi connectivity index (χ0n) is 13.3. The van der Waals surface area contributed by atoms with E-state index in [1.165, 1.54) is 0 Å². The van der Waals surface area contributed by atoms with E-state index in [9.17, 15) is 9.59 Å². The summed E-state index contributed by atoms with van der Waals surface area (Å²) in [5.74, 6) is 0.156. The minimum Gasteiger partial charge on any atom is -0.334 e. The highest BCUT2D eigenvalue weighted by molar-refractivity contribution is 6.35. The fourth-order valence-corrected chi connectivity index (χ4v) is 2.76. The molecular formula is C18H17Cl2N3O2. The lowest BCUT2D eigenvalue weighted by Gasteiger charge is -2.10. The molecule has 0 spiro atoms. The number of rotatable bonds is 5. The van der Waals surface area contributed by atoms with Crippen LogP contribution in [0.3, 0.4) is 0 Å². The number of halogens is 2. The molecule has 0 atom stereocenters. The Morgan fingerprint density at radius 3 is 2.40 bits per heavy atom. The largest absolute Gasteiger partial charge is 0.334 e. The molecule has 0 heterocycles. The number of nitrogens with one attached hydrogen (secondary N) is 3. The van der Waals surface area contributed by atoms with Gasteiger partial charge in [0.25, 0.3) is 0 Å². The minimum atomic E-state index is -0.364. The molecule has 7 heteroatoms. The molecule has 1 aliphatic carbocycles. The molecule has 0 unspecified atom stereocenters. The van der Waals surface area contributed by atoms with Crippen LogP contribution in [0.2, 0.25) is 10.0 Å². The van der Waals surface area contributed by atoms with Gasteiger partial charge in [0.15, 0.2) is 0 Å². The maximum Gasteiger partial charge on any atom is 0.319 e. The van der Waals surface area contributed by atoms with Crippen molar-refractivity contribution in [3.05, 3.63) is 58.1 Å². The Balaban J connectivity index is 1.54. The first-order valence-electron chi connectivity index (χ1n) is 7.91. The van der Waals surface area contributed by atoms with Gasteiger partial charge >= 0.3 is 6.03 Å². The van der Waals surface area contributed by atoms with E-state index in [4.69, 9.17) is 23.2 Å². The summed E-state index contributed by atoms with van der Waals surface area (Å²) in [4.78, 5) is 23.8. The lowest BCUT2D eigenvalue weighted by atomic mass is 10.2. The van der Waals surface area contributed by atoms with Gasteiger partial charge in [-0.25, -0.2) is 4.79 Å². The second-order valence-corrected chi connectivity index (χ2v) is 6.73. The van der Waals surface area contributed by atoms with Gasteiger partial charge in [-0.2, -0.15) is 0 Å². The molecule has 1 saturated carbocycles. The van der Waals surface area contributed by atoms with Gasteiger partial charge in [0.1, 0.15) is 0 Å². The highest BCUT2D eigenvalue weighted by Gasteiger charge is 2.29. The van der Waals surface area contributed by atoms with Gasteiger partial charge < -0.3 is 16.0 Å². The zero-order valence-corrected chi connectivity index (χ0v) is 14.8. The maximum atomic E-state index is 12.0. The minimum absolute atomic E-state index is 0.0268. The molecule has 0 radical (unpaired) electrons. The molecule has 3 amide bonds. The maximum absolute atomic E-state index is 12.0. The Hall–Kier alpha value is -2.24. The van der Waals surface area contributed by atoms with Crippen LogP contribution in [-0.4, -0.2) is 11.9 Å². The summed E-state index contributed by atoms with van der Waals surface area (Å²) in [6.45, 7) is 0.278. The van der Waals surface area contributed by atoms with Crippen LogP contribution in [0.1, 0.15) is 18.4 Å². The standard InChI is InChI=1S/C18H17Cl2N3O2/c19-13-7-6-12(16(20)8-13)10-21-18(25)23-15-3-1-2-14(9-15)22-17(24)11-4-5-11/h1-3,6-9,11H,4-5,10H2,(H,22,24)(H2,21,23,25). The topological polar surface area (TPSA) is 70.2 Å². The number of amides is 3. The number of hydrogen-bond donors (Lipinski definition) is 3. The van der Waals surface area contributed by atoms with Crippen molar-refractivity contribution in [2.24, 2.45) is 5.92 Å². The number of carbonyl (C=O) groups is 2. The van der Waals surface area contributed by atoms with E-state index < -0.39 is 0 Å². The predicted molar refractivity (Wildman–Crippen MR) is 100 cm³/mol. The first kappa shape index (κ1) is 17.6. The van der Waals surface area contributed by atoms with E-state index in [-0.39, 0.29) is 24.4 Å². The van der Waals surface area contributed by atoms with Crippen molar-refractivity contribution in [2.45, 2.75) is 19.4 Å². The highest BCUT2D eigenvalue weighted by atomic mass is 35.5. The summed E-state index contributed by atoms with van der Waals surface area (Å²) < 4.78 is 0. The van der Waals surface area contributed by atoms with Gasteiger partial charge in [0.05, 0.1) is 0 Å². The van der Waals surface area contributed by atoms with Crippen molar-refractivity contribution in [1.82, 2.24) is 5.32 Å². The number of benzene rings is 2. The summed E-state index contributed by atoms with van der Waals surface area (Å²) in [7, 11) is 0. The van der Waals surface area contributed by atoms with Crippen LogP contribution in [0, 0.1) is 5.92 Å². The molecule has 0 bridgehead atoms. The van der Waals surface area contributed by atoms with Gasteiger partial charge in [-0.3, -0.25) is 4.79 Å². The second-order valence-electron chi connectivity index (χ2n) is 5.89. The lowest BCUT2D eigenvalue weighted by molar-refractivity contribution is -0.117. The summed E-state index contributed by atoms with van der Waals surface area (Å²) in [6, 6.07) is 11.8. The molecule has 3 N–H and O–H groups in total. The van der Waals surface area contributed by atoms with Crippen LogP contribution < -0.4 is 16.0 Å². The number of carbonyl (C=O) groups excluding carboxylic acids is 2. The molecule has 2 aromatic rings. The van der Waals surface area contributed by atoms with E-state index in [2.05, 4.69) is 16.0 Å². The van der Waals surface area contributed by atoms with Crippen LogP contribution in [0.25, 0.3) is 0 Å². The van der Waals surface area contributed by atoms with Crippen molar-refractivity contribution in [3.8, 4) is 0 Å². The zero-order chi connectivity index (χ0) is 17.8. The molecule has 130 valence electrons. The summed E-state index contributed by atoms with van der Waals surface area (Å²) in [5, 5.41) is 9.35. The summed E-state index contributed by atoms with van der Waals surface area (Å²) in [6.07, 6.45) is 1.89. The third kappa shape index (κ3) is 5.11. The molecule has 0 aliphatic heterocycles. The molecule has 25 heavy (non-hydrogen) atoms. The van der Waals surface area contributed by atoms with Crippen molar-refractivity contribution in [2.75, 3.05) is 10.6 Å². The normalized spacial score (nSPS) is 13.2. The van der Waals surface area contributed by atoms with Crippen molar-refractivity contribution < 1.29 is 9.59 Å². The van der Waals surface area contributed by atoms with Gasteiger partial charge in [0, 0.05) is 33.9 Å². The monoisotopic (exact) mass is 377 g/mol. The van der Waals surface area contributed by atoms with E-state index >= 15 is 0 Å². The van der Waals surface area contributed by atoms with Gasteiger partial charge in [-0.05, 0) is 48.7 Å². The van der Waals surface area contributed by atoms with E-state index in [1.54, 1.807) is 42.5 Å². The SMILES string of the molecule is O=C(NCc1ccc(Cl)cc1Cl)Nc1cccc(NC(=O)C2CC2)c1. The second kappa shape index (κ2) is 7.76. The van der Waals surface area contributed by atoms with Crippen LogP contribution in [0.5, 0.6) is 0 Å². The Bertz CT molecular complexity index is 807. The molecule has 3 rings (SSSR count). The molecule has 1 aliphatic rings. The van der Waals surface area contributed by atoms with E-state index in [1.807, 2.05) is 0 Å². The molecule has 1 fully saturated rings. The Morgan fingerprint density at radius 1 is 1.00 bits per heavy atom. The first-order chi connectivity index (χ1) is 12.0. The third-order valence-corrected chi connectivity index (χ3v) is 4.38. The Labute approximate surface area is 155 Å². The number of anilines is 2. The van der Waals surface area contributed by atoms with Crippen LogP contribution in [-0.2, 0) is 11.3 Å². The average Bonchev–Trinajstić information content (AvgIpc) is 3.39. The molecule has 2 aromatic carbocycles. The van der Waals surface area contributed by atoms with Crippen molar-refractivity contribution in [1.29, 1.82) is 0 Å². The average molecular weight is 378 g/mol. The van der Waals surface area contributed by atoms with Crippen LogP contribution >= 0.6 is 23.2 Å². The van der Waals surface area contributed by atoms with E-state index in [0.29, 0.717) is 21.4 Å². The van der Waals surface area contributed by atoms with Gasteiger partial charge in [-0.1, -0.05) is 35.3 Å². The number of hydrogen-bond acceptors (Lipinski definition) is 2. The summed E-state index contributed by atoms with van der Waals surface area (Å²) >= 11 is 11.9. The smallest absolute Gasteiger partial charge is 0.319 e. The van der Waals surface area contributed by atoms with Crippen LogP contribution in [0.4, 0.5) is 16.2 Å². The predicted octanol–water partition coefficient (Wildman–Crippen LogP) is 4.66. The first-order valence-corrected chi connectivity index (χ1v) is 8.66. The lowest BCUT2D eigenvalue weighted by Crippen LogP contribution is -2.28. The molecular weight excluding hydrogens is 361 g/mol. The molecule has 0 aromatic heterocycles. The Kier molecular flexibility index (Phi) is 5.46. The fraction of sp³-hybridized carbons (Fsp3) is 0.222. The van der Waals surface area contributed by atoms with Crippen molar-refractivity contribution in [3.63, 3.8) is 0 Å². The summed E-state index contributed by atoms with van der Waals surface area (Å²) in [5.41, 5.74) is 2.02. The molecule has 0 saturated heterocycles. The fourth-order valence-electron chi connectivity index (χ4n) is 2.28. The molecule has 5 nitrogen and oxygen atoms in total. The van der Waals surface area contributed by atoms with Crippen LogP contribution in [0.15, 0.2) is 42.5 Å². The highest BCUT2D eigenvalue weighted by Crippen LogP contribution is 2.30. The van der Waals surface area contributed by atoms with Gasteiger partial charge in [0.2, 0.25) is 5.91 Å². The van der Waals surface area contributed by atoms with Crippen molar-refractivity contribution >= 4 is 46.5 Å². The van der Waals surface area contributed by atoms with Gasteiger partial charge in [-0.15, -0.1) is 0 Å². The number of urea groups is 1.